The maximum absolute atomic E-state index is 13.0. The van der Waals surface area contributed by atoms with Gasteiger partial charge in [-0.3, -0.25) is 14.9 Å². The van der Waals surface area contributed by atoms with Crippen LogP contribution >= 0.6 is 11.6 Å². The zero-order chi connectivity index (χ0) is 18.8. The van der Waals surface area contributed by atoms with E-state index >= 15 is 0 Å². The molecule has 0 bridgehead atoms. The van der Waals surface area contributed by atoms with Crippen molar-refractivity contribution in [2.24, 2.45) is 0 Å². The zero-order valence-corrected chi connectivity index (χ0v) is 13.6. The molecule has 0 aliphatic heterocycles. The van der Waals surface area contributed by atoms with Crippen molar-refractivity contribution in [3.63, 3.8) is 0 Å². The fraction of sp³-hybridized carbons (Fsp3) is 0.188. The highest BCUT2D eigenvalue weighted by molar-refractivity contribution is 6.33. The van der Waals surface area contributed by atoms with Crippen molar-refractivity contribution in [3.05, 3.63) is 74.3 Å². The molecule has 0 heterocycles. The molecule has 0 saturated carbocycles. The number of rotatable bonds is 4. The lowest BCUT2D eigenvalue weighted by atomic mass is 10.1. The Kier molecular flexibility index (Phi) is 5.32. The zero-order valence-electron chi connectivity index (χ0n) is 12.9. The molecule has 5 nitrogen and oxygen atoms in total. The van der Waals surface area contributed by atoms with E-state index in [4.69, 9.17) is 11.6 Å². The number of halogens is 4. The lowest BCUT2D eigenvalue weighted by molar-refractivity contribution is -0.384. The molecule has 0 aliphatic rings. The summed E-state index contributed by atoms with van der Waals surface area (Å²) in [6, 6.07) is 8.21. The van der Waals surface area contributed by atoms with Crippen LogP contribution in [0.15, 0.2) is 42.5 Å². The van der Waals surface area contributed by atoms with Crippen LogP contribution in [0.5, 0.6) is 0 Å². The Balaban J connectivity index is 2.31. The van der Waals surface area contributed by atoms with Crippen molar-refractivity contribution in [2.75, 3.05) is 7.05 Å². The molecule has 132 valence electrons. The van der Waals surface area contributed by atoms with Crippen LogP contribution in [0.2, 0.25) is 5.02 Å². The topological polar surface area (TPSA) is 63.5 Å². The summed E-state index contributed by atoms with van der Waals surface area (Å²) in [6.45, 7) is -0.326. The quantitative estimate of drug-likeness (QED) is 0.584. The van der Waals surface area contributed by atoms with E-state index in [0.29, 0.717) is 0 Å². The van der Waals surface area contributed by atoms with E-state index in [-0.39, 0.29) is 28.4 Å². The average molecular weight is 373 g/mol. The van der Waals surface area contributed by atoms with Gasteiger partial charge >= 0.3 is 6.18 Å². The monoisotopic (exact) mass is 372 g/mol. The van der Waals surface area contributed by atoms with Crippen LogP contribution in [-0.2, 0) is 12.7 Å². The van der Waals surface area contributed by atoms with E-state index < -0.39 is 22.6 Å². The minimum atomic E-state index is -4.55. The number of nitrogens with zero attached hydrogens (tertiary/aromatic N) is 2. The van der Waals surface area contributed by atoms with Gasteiger partial charge in [-0.1, -0.05) is 29.8 Å². The average Bonchev–Trinajstić information content (AvgIpc) is 2.53. The minimum Gasteiger partial charge on any atom is -0.337 e. The summed E-state index contributed by atoms with van der Waals surface area (Å²) in [6.07, 6.45) is -4.55. The fourth-order valence-electron chi connectivity index (χ4n) is 2.26. The number of nitro groups is 1. The van der Waals surface area contributed by atoms with E-state index in [1.807, 2.05) is 0 Å². The van der Waals surface area contributed by atoms with Gasteiger partial charge in [-0.25, -0.2) is 0 Å². The van der Waals surface area contributed by atoms with Crippen molar-refractivity contribution in [1.29, 1.82) is 0 Å². The van der Waals surface area contributed by atoms with E-state index in [9.17, 15) is 28.1 Å². The first-order chi connectivity index (χ1) is 11.6. The summed E-state index contributed by atoms with van der Waals surface area (Å²) in [4.78, 5) is 23.6. The van der Waals surface area contributed by atoms with E-state index in [2.05, 4.69) is 0 Å². The van der Waals surface area contributed by atoms with Crippen LogP contribution in [0.25, 0.3) is 0 Å². The molecule has 2 rings (SSSR count). The van der Waals surface area contributed by atoms with Gasteiger partial charge in [-0.05, 0) is 17.7 Å². The second kappa shape index (κ2) is 7.10. The van der Waals surface area contributed by atoms with Crippen molar-refractivity contribution in [1.82, 2.24) is 4.90 Å². The number of benzene rings is 2. The van der Waals surface area contributed by atoms with Gasteiger partial charge in [-0.2, -0.15) is 13.2 Å². The summed E-state index contributed by atoms with van der Waals surface area (Å²) < 4.78 is 39.1. The van der Waals surface area contributed by atoms with Crippen LogP contribution in [0.4, 0.5) is 18.9 Å². The largest absolute Gasteiger partial charge is 0.416 e. The first kappa shape index (κ1) is 18.7. The molecule has 9 heteroatoms. The molecule has 0 unspecified atom stereocenters. The standard InChI is InChI=1S/C16H12ClF3N2O3/c1-21(9-10-4-2-3-5-13(10)16(18,19)20)15(23)12-8-11(22(24)25)6-7-14(12)17/h2-8H,9H2,1H3. The van der Waals surface area contributed by atoms with Crippen LogP contribution in [-0.4, -0.2) is 22.8 Å². The van der Waals surface area contributed by atoms with E-state index in [1.165, 1.54) is 31.3 Å². The number of amides is 1. The third-order valence-corrected chi connectivity index (χ3v) is 3.80. The predicted octanol–water partition coefficient (Wildman–Crippen LogP) is 4.54. The number of carbonyl (C=O) groups is 1. The van der Waals surface area contributed by atoms with Gasteiger partial charge in [0, 0.05) is 25.7 Å². The molecule has 0 aromatic heterocycles. The smallest absolute Gasteiger partial charge is 0.337 e. The number of non-ortho nitro benzene ring substituents is 1. The highest BCUT2D eigenvalue weighted by Gasteiger charge is 2.33. The fourth-order valence-corrected chi connectivity index (χ4v) is 2.46. The molecule has 2 aromatic rings. The maximum atomic E-state index is 13.0. The predicted molar refractivity (Wildman–Crippen MR) is 85.3 cm³/mol. The Morgan fingerprint density at radius 3 is 2.48 bits per heavy atom. The van der Waals surface area contributed by atoms with Crippen LogP contribution in [0, 0.1) is 10.1 Å². The van der Waals surface area contributed by atoms with Gasteiger partial charge in [0.1, 0.15) is 0 Å². The molecule has 0 saturated heterocycles. The number of nitro benzene ring substituents is 1. The Labute approximate surface area is 145 Å². The molecule has 1 amide bonds. The Bertz CT molecular complexity index is 825. The number of alkyl halides is 3. The molecular formula is C16H12ClF3N2O3. The van der Waals surface area contributed by atoms with Crippen molar-refractivity contribution >= 4 is 23.2 Å². The molecule has 0 aliphatic carbocycles. The Morgan fingerprint density at radius 2 is 1.88 bits per heavy atom. The van der Waals surface area contributed by atoms with Gasteiger partial charge in [-0.15, -0.1) is 0 Å². The number of hydrogen-bond donors (Lipinski definition) is 0. The summed E-state index contributed by atoms with van der Waals surface area (Å²) in [5.41, 5.74) is -1.42. The normalized spacial score (nSPS) is 11.2. The van der Waals surface area contributed by atoms with E-state index in [0.717, 1.165) is 23.1 Å². The molecule has 0 N–H and O–H groups in total. The summed E-state index contributed by atoms with van der Waals surface area (Å²) in [5.74, 6) is -0.717. The Morgan fingerprint density at radius 1 is 1.24 bits per heavy atom. The van der Waals surface area contributed by atoms with Gasteiger partial charge in [0.05, 0.1) is 21.1 Å². The van der Waals surface area contributed by atoms with Gasteiger partial charge < -0.3 is 4.90 Å². The second-order valence-corrected chi connectivity index (χ2v) is 5.64. The summed E-state index contributed by atoms with van der Waals surface area (Å²) in [7, 11) is 1.30. The highest BCUT2D eigenvalue weighted by Crippen LogP contribution is 2.32. The number of hydrogen-bond acceptors (Lipinski definition) is 3. The van der Waals surface area contributed by atoms with Crippen molar-refractivity contribution < 1.29 is 22.9 Å². The van der Waals surface area contributed by atoms with Crippen LogP contribution in [0.3, 0.4) is 0 Å². The van der Waals surface area contributed by atoms with Crippen molar-refractivity contribution in [3.8, 4) is 0 Å². The molecular weight excluding hydrogens is 361 g/mol. The van der Waals surface area contributed by atoms with Gasteiger partial charge in [0.2, 0.25) is 0 Å². The van der Waals surface area contributed by atoms with Gasteiger partial charge in [0.15, 0.2) is 0 Å². The molecule has 25 heavy (non-hydrogen) atoms. The second-order valence-electron chi connectivity index (χ2n) is 5.24. The van der Waals surface area contributed by atoms with Crippen LogP contribution in [0.1, 0.15) is 21.5 Å². The van der Waals surface area contributed by atoms with Crippen molar-refractivity contribution in [2.45, 2.75) is 12.7 Å². The molecule has 0 fully saturated rings. The lowest BCUT2D eigenvalue weighted by Gasteiger charge is -2.20. The lowest BCUT2D eigenvalue weighted by Crippen LogP contribution is -2.27. The summed E-state index contributed by atoms with van der Waals surface area (Å²) in [5, 5.41) is 10.8. The van der Waals surface area contributed by atoms with Gasteiger partial charge in [0.25, 0.3) is 11.6 Å². The summed E-state index contributed by atoms with van der Waals surface area (Å²) >= 11 is 5.90. The SMILES string of the molecule is CN(Cc1ccccc1C(F)(F)F)C(=O)c1cc([N+](=O)[O-])ccc1Cl. The molecule has 2 aromatic carbocycles. The molecule has 0 spiro atoms. The Hall–Kier alpha value is -2.61. The highest BCUT2D eigenvalue weighted by atomic mass is 35.5. The molecule has 0 radical (unpaired) electrons. The third kappa shape index (κ3) is 4.27. The third-order valence-electron chi connectivity index (χ3n) is 3.47. The van der Waals surface area contributed by atoms with Crippen LogP contribution < -0.4 is 0 Å². The minimum absolute atomic E-state index is 0.0217. The van der Waals surface area contributed by atoms with E-state index in [1.54, 1.807) is 0 Å². The first-order valence-electron chi connectivity index (χ1n) is 6.95. The molecule has 0 atom stereocenters. The maximum Gasteiger partial charge on any atom is 0.416 e. The number of carbonyl (C=O) groups excluding carboxylic acids is 1. The first-order valence-corrected chi connectivity index (χ1v) is 7.33.